The van der Waals surface area contributed by atoms with E-state index in [2.05, 4.69) is 20.6 Å². The van der Waals surface area contributed by atoms with Gasteiger partial charge < -0.3 is 10.6 Å². The fourth-order valence-corrected chi connectivity index (χ4v) is 2.77. The van der Waals surface area contributed by atoms with E-state index in [1.165, 1.54) is 24.3 Å². The molecule has 0 aliphatic carbocycles. The highest BCUT2D eigenvalue weighted by Gasteiger charge is 2.35. The summed E-state index contributed by atoms with van der Waals surface area (Å²) in [6.07, 6.45) is -2.24. The van der Waals surface area contributed by atoms with Gasteiger partial charge in [-0.1, -0.05) is 25.5 Å². The average molecular weight is 417 g/mol. The molecule has 3 rings (SSSR count). The summed E-state index contributed by atoms with van der Waals surface area (Å²) >= 11 is 0. The number of aryl methyl sites for hydroxylation is 1. The van der Waals surface area contributed by atoms with Crippen LogP contribution in [0.15, 0.2) is 54.7 Å². The predicted octanol–water partition coefficient (Wildman–Crippen LogP) is 5.84. The van der Waals surface area contributed by atoms with Crippen molar-refractivity contribution < 1.29 is 18.1 Å². The second kappa shape index (κ2) is 8.76. The zero-order valence-corrected chi connectivity index (χ0v) is 15.9. The van der Waals surface area contributed by atoms with Gasteiger partial charge in [-0.3, -0.25) is 10.1 Å². The summed E-state index contributed by atoms with van der Waals surface area (Å²) in [6, 6.07) is 12.5. The first kappa shape index (κ1) is 21.0. The van der Waals surface area contributed by atoms with Crippen molar-refractivity contribution in [3.8, 4) is 0 Å². The van der Waals surface area contributed by atoms with E-state index >= 15 is 0 Å². The zero-order valence-electron chi connectivity index (χ0n) is 15.9. The molecule has 0 amide bonds. The first-order chi connectivity index (χ1) is 14.3. The van der Waals surface area contributed by atoms with Crippen LogP contribution in [0, 0.1) is 10.1 Å². The van der Waals surface area contributed by atoms with Gasteiger partial charge in [0.15, 0.2) is 0 Å². The summed E-state index contributed by atoms with van der Waals surface area (Å²) in [5.41, 5.74) is 0.762. The van der Waals surface area contributed by atoms with Crippen LogP contribution in [0.1, 0.15) is 24.5 Å². The van der Waals surface area contributed by atoms with E-state index in [0.717, 1.165) is 18.4 Å². The lowest BCUT2D eigenvalue weighted by atomic mass is 10.1. The van der Waals surface area contributed by atoms with Crippen molar-refractivity contribution in [3.63, 3.8) is 0 Å². The molecule has 7 nitrogen and oxygen atoms in total. The molecule has 0 bridgehead atoms. The van der Waals surface area contributed by atoms with Crippen LogP contribution in [0.2, 0.25) is 0 Å². The van der Waals surface area contributed by atoms with Crippen LogP contribution in [0.25, 0.3) is 0 Å². The highest BCUT2D eigenvalue weighted by atomic mass is 19.4. The molecule has 0 spiro atoms. The highest BCUT2D eigenvalue weighted by Crippen LogP contribution is 2.35. The van der Waals surface area contributed by atoms with E-state index in [1.807, 2.05) is 13.0 Å². The van der Waals surface area contributed by atoms with Gasteiger partial charge in [0.1, 0.15) is 11.4 Å². The first-order valence-corrected chi connectivity index (χ1v) is 9.08. The van der Waals surface area contributed by atoms with Gasteiger partial charge >= 0.3 is 6.18 Å². The number of anilines is 4. The van der Waals surface area contributed by atoms with Gasteiger partial charge in [-0.25, -0.2) is 4.98 Å². The summed E-state index contributed by atoms with van der Waals surface area (Å²) in [5, 5.41) is 16.2. The van der Waals surface area contributed by atoms with Crippen LogP contribution in [0.4, 0.5) is 42.0 Å². The van der Waals surface area contributed by atoms with E-state index in [-0.39, 0.29) is 11.6 Å². The van der Waals surface area contributed by atoms with E-state index in [4.69, 9.17) is 0 Å². The van der Waals surface area contributed by atoms with Crippen molar-refractivity contribution in [1.29, 1.82) is 0 Å². The van der Waals surface area contributed by atoms with Gasteiger partial charge in [-0.2, -0.15) is 18.2 Å². The van der Waals surface area contributed by atoms with Gasteiger partial charge in [0.25, 0.3) is 5.69 Å². The van der Waals surface area contributed by atoms with Crippen LogP contribution in [0.3, 0.4) is 0 Å². The number of nitrogens with zero attached hydrogens (tertiary/aromatic N) is 3. The Kier molecular flexibility index (Phi) is 6.14. The third kappa shape index (κ3) is 5.22. The molecule has 10 heteroatoms. The number of nitro groups is 1. The number of alkyl halides is 3. The molecule has 156 valence electrons. The minimum atomic E-state index is -4.64. The molecule has 2 aromatic carbocycles. The standard InChI is InChI=1S/C20H18F3N5O2/c1-2-4-13-5-3-6-15(11-13)25-18-17(20(21,22)23)12-24-19(27-18)26-14-7-9-16(10-8-14)28(29)30/h3,5-12H,2,4H2,1H3,(H2,24,25,26,27). The molecule has 0 aliphatic rings. The number of halogens is 3. The van der Waals surface area contributed by atoms with Crippen LogP contribution in [-0.2, 0) is 12.6 Å². The quantitative estimate of drug-likeness (QED) is 0.370. The zero-order chi connectivity index (χ0) is 21.7. The van der Waals surface area contributed by atoms with Crippen molar-refractivity contribution in [2.75, 3.05) is 10.6 Å². The molecule has 0 atom stereocenters. The molecule has 0 aliphatic heterocycles. The summed E-state index contributed by atoms with van der Waals surface area (Å²) in [7, 11) is 0. The van der Waals surface area contributed by atoms with Crippen LogP contribution >= 0.6 is 0 Å². The fourth-order valence-electron chi connectivity index (χ4n) is 2.77. The van der Waals surface area contributed by atoms with Crippen molar-refractivity contribution in [1.82, 2.24) is 9.97 Å². The van der Waals surface area contributed by atoms with Crippen molar-refractivity contribution >= 4 is 28.8 Å². The number of rotatable bonds is 7. The number of hydrogen-bond donors (Lipinski definition) is 2. The maximum Gasteiger partial charge on any atom is 0.421 e. The predicted molar refractivity (Wildman–Crippen MR) is 107 cm³/mol. The van der Waals surface area contributed by atoms with E-state index in [1.54, 1.807) is 18.2 Å². The van der Waals surface area contributed by atoms with E-state index < -0.39 is 22.5 Å². The number of benzene rings is 2. The van der Waals surface area contributed by atoms with Crippen LogP contribution < -0.4 is 10.6 Å². The summed E-state index contributed by atoms with van der Waals surface area (Å²) in [6.45, 7) is 2.02. The van der Waals surface area contributed by atoms with E-state index in [0.29, 0.717) is 17.6 Å². The fraction of sp³-hybridized carbons (Fsp3) is 0.200. The second-order valence-corrected chi connectivity index (χ2v) is 6.46. The molecular weight excluding hydrogens is 399 g/mol. The molecule has 3 aromatic rings. The Morgan fingerprint density at radius 2 is 1.80 bits per heavy atom. The third-order valence-electron chi connectivity index (χ3n) is 4.16. The summed E-state index contributed by atoms with van der Waals surface area (Å²) < 4.78 is 40.3. The Balaban J connectivity index is 1.90. The average Bonchev–Trinajstić information content (AvgIpc) is 2.68. The Morgan fingerprint density at radius 1 is 1.07 bits per heavy atom. The Hall–Kier alpha value is -3.69. The number of hydrogen-bond acceptors (Lipinski definition) is 6. The highest BCUT2D eigenvalue weighted by molar-refractivity contribution is 5.63. The third-order valence-corrected chi connectivity index (χ3v) is 4.16. The lowest BCUT2D eigenvalue weighted by Crippen LogP contribution is -2.12. The van der Waals surface area contributed by atoms with E-state index in [9.17, 15) is 23.3 Å². The lowest BCUT2D eigenvalue weighted by molar-refractivity contribution is -0.384. The maximum absolute atomic E-state index is 13.4. The molecule has 1 aromatic heterocycles. The van der Waals surface area contributed by atoms with Crippen LogP contribution in [-0.4, -0.2) is 14.9 Å². The minimum absolute atomic E-state index is 0.0796. The molecule has 1 heterocycles. The molecule has 0 fully saturated rings. The number of non-ortho nitro benzene ring substituents is 1. The molecule has 0 saturated heterocycles. The van der Waals surface area contributed by atoms with Gasteiger partial charge in [0.05, 0.1) is 4.92 Å². The second-order valence-electron chi connectivity index (χ2n) is 6.46. The summed E-state index contributed by atoms with van der Waals surface area (Å²) in [4.78, 5) is 17.9. The number of nitro benzene ring substituents is 1. The Labute approximate surface area is 170 Å². The van der Waals surface area contributed by atoms with Crippen molar-refractivity contribution in [2.45, 2.75) is 25.9 Å². The number of aromatic nitrogens is 2. The summed E-state index contributed by atoms with van der Waals surface area (Å²) in [5.74, 6) is -0.473. The SMILES string of the molecule is CCCc1cccc(Nc2nc(Nc3ccc([N+](=O)[O-])cc3)ncc2C(F)(F)F)c1. The number of nitrogens with one attached hydrogen (secondary N) is 2. The molecule has 30 heavy (non-hydrogen) atoms. The largest absolute Gasteiger partial charge is 0.421 e. The van der Waals surface area contributed by atoms with Gasteiger partial charge in [-0.15, -0.1) is 0 Å². The molecule has 0 unspecified atom stereocenters. The topological polar surface area (TPSA) is 93.0 Å². The minimum Gasteiger partial charge on any atom is -0.340 e. The maximum atomic E-state index is 13.4. The Bertz CT molecular complexity index is 1040. The molecule has 0 radical (unpaired) electrons. The lowest BCUT2D eigenvalue weighted by Gasteiger charge is -2.15. The smallest absolute Gasteiger partial charge is 0.340 e. The Morgan fingerprint density at radius 3 is 2.43 bits per heavy atom. The van der Waals surface area contributed by atoms with Gasteiger partial charge in [0, 0.05) is 29.7 Å². The van der Waals surface area contributed by atoms with Gasteiger partial charge in [-0.05, 0) is 36.2 Å². The molecular formula is C20H18F3N5O2. The van der Waals surface area contributed by atoms with Gasteiger partial charge in [0.2, 0.25) is 5.95 Å². The first-order valence-electron chi connectivity index (χ1n) is 9.08. The molecule has 0 saturated carbocycles. The van der Waals surface area contributed by atoms with Crippen molar-refractivity contribution in [2.24, 2.45) is 0 Å². The monoisotopic (exact) mass is 417 g/mol. The van der Waals surface area contributed by atoms with Crippen molar-refractivity contribution in [3.05, 3.63) is 76.0 Å². The molecule has 2 N–H and O–H groups in total. The van der Waals surface area contributed by atoms with Crippen LogP contribution in [0.5, 0.6) is 0 Å². The normalized spacial score (nSPS) is 11.2.